The smallest absolute Gasteiger partial charge is 0.226 e. The number of amides is 2. The van der Waals surface area contributed by atoms with Gasteiger partial charge in [-0.25, -0.2) is 4.98 Å². The zero-order valence-electron chi connectivity index (χ0n) is 15.2. The molecule has 0 saturated carbocycles. The highest BCUT2D eigenvalue weighted by Crippen LogP contribution is 2.27. The van der Waals surface area contributed by atoms with Gasteiger partial charge in [-0.1, -0.05) is 37.3 Å². The Kier molecular flexibility index (Phi) is 6.03. The Morgan fingerprint density at radius 3 is 2.70 bits per heavy atom. The first kappa shape index (κ1) is 18.8. The number of nitrogens with one attached hydrogen (secondary N) is 2. The number of nitrogens with zero attached hydrogens (tertiary/aromatic N) is 1. The molecule has 0 aliphatic rings. The highest BCUT2D eigenvalue weighted by atomic mass is 32.1. The fraction of sp³-hybridized carbons (Fsp3) is 0.250. The number of hydrogen-bond acceptors (Lipinski definition) is 5. The molecule has 0 fully saturated rings. The first-order valence-electron chi connectivity index (χ1n) is 8.65. The van der Waals surface area contributed by atoms with Crippen LogP contribution in [0.4, 0.5) is 5.13 Å². The molecular formula is C20H21N3O3S. The number of benzene rings is 1. The van der Waals surface area contributed by atoms with Crippen LogP contribution in [-0.2, 0) is 16.1 Å². The van der Waals surface area contributed by atoms with Crippen molar-refractivity contribution in [3.63, 3.8) is 0 Å². The summed E-state index contributed by atoms with van der Waals surface area (Å²) in [6.07, 6.45) is 0.389. The van der Waals surface area contributed by atoms with E-state index in [-0.39, 0.29) is 17.7 Å². The number of hydrogen-bond donors (Lipinski definition) is 2. The Morgan fingerprint density at radius 1 is 1.19 bits per heavy atom. The summed E-state index contributed by atoms with van der Waals surface area (Å²) in [5.41, 5.74) is 1.79. The lowest BCUT2D eigenvalue weighted by molar-refractivity contribution is -0.119. The highest BCUT2D eigenvalue weighted by molar-refractivity contribution is 7.14. The van der Waals surface area contributed by atoms with E-state index in [9.17, 15) is 9.59 Å². The molecule has 0 aliphatic carbocycles. The summed E-state index contributed by atoms with van der Waals surface area (Å²) in [6.45, 7) is 3.82. The molecule has 1 unspecified atom stereocenters. The maximum absolute atomic E-state index is 12.3. The number of carbonyl (C=O) groups is 2. The van der Waals surface area contributed by atoms with Crippen LogP contribution in [0.15, 0.2) is 52.3 Å². The van der Waals surface area contributed by atoms with Gasteiger partial charge >= 0.3 is 0 Å². The predicted octanol–water partition coefficient (Wildman–Crippen LogP) is 4.17. The monoisotopic (exact) mass is 383 g/mol. The Labute approximate surface area is 161 Å². The fourth-order valence-electron chi connectivity index (χ4n) is 2.61. The predicted molar refractivity (Wildman–Crippen MR) is 105 cm³/mol. The first-order chi connectivity index (χ1) is 13.0. The van der Waals surface area contributed by atoms with Gasteiger partial charge in [0.2, 0.25) is 11.8 Å². The minimum Gasteiger partial charge on any atom is -0.458 e. The summed E-state index contributed by atoms with van der Waals surface area (Å²) in [5.74, 6) is 1.20. The van der Waals surface area contributed by atoms with Gasteiger partial charge in [0, 0.05) is 18.7 Å². The lowest BCUT2D eigenvalue weighted by Crippen LogP contribution is -2.18. The van der Waals surface area contributed by atoms with E-state index >= 15 is 0 Å². The topological polar surface area (TPSA) is 84.2 Å². The minimum absolute atomic E-state index is 0.0713. The van der Waals surface area contributed by atoms with Crippen LogP contribution in [0.1, 0.15) is 37.5 Å². The maximum Gasteiger partial charge on any atom is 0.226 e. The third-order valence-electron chi connectivity index (χ3n) is 4.04. The minimum atomic E-state index is -0.115. The average Bonchev–Trinajstić information content (AvgIpc) is 3.29. The SMILES string of the molecule is CC(=O)NCc1ccc(-c2csc(NC(=O)CC(C)c3ccccc3)n2)o1. The van der Waals surface area contributed by atoms with Crippen LogP contribution in [0.5, 0.6) is 0 Å². The van der Waals surface area contributed by atoms with Gasteiger partial charge in [0.25, 0.3) is 0 Å². The Hall–Kier alpha value is -2.93. The highest BCUT2D eigenvalue weighted by Gasteiger charge is 2.14. The van der Waals surface area contributed by atoms with Gasteiger partial charge in [0.15, 0.2) is 10.9 Å². The summed E-state index contributed by atoms with van der Waals surface area (Å²) in [6, 6.07) is 13.5. The normalized spacial score (nSPS) is 11.8. The molecule has 6 nitrogen and oxygen atoms in total. The third-order valence-corrected chi connectivity index (χ3v) is 4.79. The molecule has 2 heterocycles. The third kappa shape index (κ3) is 5.27. The van der Waals surface area contributed by atoms with Gasteiger partial charge in [0.1, 0.15) is 11.5 Å². The Balaban J connectivity index is 1.57. The molecule has 2 aromatic heterocycles. The van der Waals surface area contributed by atoms with E-state index in [1.165, 1.54) is 18.3 Å². The van der Waals surface area contributed by atoms with Crippen molar-refractivity contribution in [1.82, 2.24) is 10.3 Å². The second kappa shape index (κ2) is 8.64. The fourth-order valence-corrected chi connectivity index (χ4v) is 3.33. The van der Waals surface area contributed by atoms with Crippen LogP contribution in [-0.4, -0.2) is 16.8 Å². The molecule has 0 radical (unpaired) electrons. The van der Waals surface area contributed by atoms with E-state index in [4.69, 9.17) is 4.42 Å². The molecule has 7 heteroatoms. The average molecular weight is 383 g/mol. The molecule has 1 atom stereocenters. The molecule has 2 amide bonds. The van der Waals surface area contributed by atoms with Crippen molar-refractivity contribution < 1.29 is 14.0 Å². The zero-order valence-corrected chi connectivity index (χ0v) is 16.0. The van der Waals surface area contributed by atoms with E-state index < -0.39 is 0 Å². The molecule has 3 aromatic rings. The van der Waals surface area contributed by atoms with Crippen LogP contribution < -0.4 is 10.6 Å². The van der Waals surface area contributed by atoms with Crippen LogP contribution in [0.25, 0.3) is 11.5 Å². The number of furan rings is 1. The number of thiazole rings is 1. The van der Waals surface area contributed by atoms with E-state index in [2.05, 4.69) is 15.6 Å². The van der Waals surface area contributed by atoms with Crippen molar-refractivity contribution in [1.29, 1.82) is 0 Å². The summed E-state index contributed by atoms with van der Waals surface area (Å²) in [4.78, 5) is 27.7. The van der Waals surface area contributed by atoms with E-state index in [0.717, 1.165) is 5.56 Å². The number of aromatic nitrogens is 1. The maximum atomic E-state index is 12.3. The van der Waals surface area contributed by atoms with Gasteiger partial charge in [-0.2, -0.15) is 0 Å². The molecule has 3 rings (SSSR count). The second-order valence-electron chi connectivity index (χ2n) is 6.28. The van der Waals surface area contributed by atoms with E-state index in [1.54, 1.807) is 12.1 Å². The molecule has 0 bridgehead atoms. The van der Waals surface area contributed by atoms with Crippen molar-refractivity contribution >= 4 is 28.3 Å². The summed E-state index contributed by atoms with van der Waals surface area (Å²) < 4.78 is 5.68. The molecule has 0 aliphatic heterocycles. The van der Waals surface area contributed by atoms with E-state index in [1.807, 2.05) is 42.6 Å². The molecule has 140 valence electrons. The lowest BCUT2D eigenvalue weighted by Gasteiger charge is -2.10. The Bertz CT molecular complexity index is 917. The van der Waals surface area contributed by atoms with E-state index in [0.29, 0.717) is 35.3 Å². The molecule has 1 aromatic carbocycles. The second-order valence-corrected chi connectivity index (χ2v) is 7.14. The summed E-state index contributed by atoms with van der Waals surface area (Å²) in [7, 11) is 0. The van der Waals surface area contributed by atoms with Crippen molar-refractivity contribution in [2.45, 2.75) is 32.7 Å². The van der Waals surface area contributed by atoms with Gasteiger partial charge in [-0.3, -0.25) is 9.59 Å². The molecule has 27 heavy (non-hydrogen) atoms. The molecule has 0 saturated heterocycles. The van der Waals surface area contributed by atoms with Gasteiger partial charge in [-0.05, 0) is 23.6 Å². The van der Waals surface area contributed by atoms with Crippen LogP contribution in [0.2, 0.25) is 0 Å². The van der Waals surface area contributed by atoms with Crippen LogP contribution >= 0.6 is 11.3 Å². The quantitative estimate of drug-likeness (QED) is 0.641. The van der Waals surface area contributed by atoms with Crippen molar-refractivity contribution in [3.05, 3.63) is 59.2 Å². The number of anilines is 1. The standard InChI is InChI=1S/C20H21N3O3S/c1-13(15-6-4-3-5-7-15)10-19(25)23-20-22-17(12-27-20)18-9-8-16(26-18)11-21-14(2)24/h3-9,12-13H,10-11H2,1-2H3,(H,21,24)(H,22,23,25). The Morgan fingerprint density at radius 2 is 1.96 bits per heavy atom. The van der Waals surface area contributed by atoms with Crippen LogP contribution in [0, 0.1) is 0 Å². The van der Waals surface area contributed by atoms with Gasteiger partial charge in [0.05, 0.1) is 6.54 Å². The van der Waals surface area contributed by atoms with Crippen LogP contribution in [0.3, 0.4) is 0 Å². The number of carbonyl (C=O) groups excluding carboxylic acids is 2. The molecule has 2 N–H and O–H groups in total. The number of rotatable bonds is 7. The van der Waals surface area contributed by atoms with Crippen molar-refractivity contribution in [2.75, 3.05) is 5.32 Å². The van der Waals surface area contributed by atoms with Crippen molar-refractivity contribution in [3.8, 4) is 11.5 Å². The summed E-state index contributed by atoms with van der Waals surface area (Å²) >= 11 is 1.35. The van der Waals surface area contributed by atoms with Gasteiger partial charge < -0.3 is 15.1 Å². The molecular weight excluding hydrogens is 362 g/mol. The summed E-state index contributed by atoms with van der Waals surface area (Å²) in [5, 5.41) is 7.90. The van der Waals surface area contributed by atoms with Crippen molar-refractivity contribution in [2.24, 2.45) is 0 Å². The largest absolute Gasteiger partial charge is 0.458 e. The van der Waals surface area contributed by atoms with Gasteiger partial charge in [-0.15, -0.1) is 11.3 Å². The first-order valence-corrected chi connectivity index (χ1v) is 9.53. The zero-order chi connectivity index (χ0) is 19.2. The molecule has 0 spiro atoms. The lowest BCUT2D eigenvalue weighted by atomic mass is 9.98.